The fraction of sp³-hybridized carbons (Fsp3) is 0.667. The molecule has 0 unspecified atom stereocenters. The molecule has 116 valence electrons. The van der Waals surface area contributed by atoms with E-state index in [4.69, 9.17) is 0 Å². The number of carbonyl (C=O) groups is 2. The predicted octanol–water partition coefficient (Wildman–Crippen LogP) is 1.54. The van der Waals surface area contributed by atoms with Crippen LogP contribution in [0.25, 0.3) is 0 Å². The highest BCUT2D eigenvalue weighted by Gasteiger charge is 2.33. The molecule has 1 aliphatic heterocycles. The average Bonchev–Trinajstić information content (AvgIpc) is 3.01. The Kier molecular flexibility index (Phi) is 5.33. The van der Waals surface area contributed by atoms with Gasteiger partial charge in [0.15, 0.2) is 0 Å². The second-order valence-corrected chi connectivity index (χ2v) is 6.63. The quantitative estimate of drug-likeness (QED) is 0.867. The van der Waals surface area contributed by atoms with Gasteiger partial charge in [-0.2, -0.15) is 0 Å². The molecular weight excluding hydrogens is 286 g/mol. The number of hydrogen-bond donors (Lipinski definition) is 1. The maximum absolute atomic E-state index is 12.1. The molecule has 0 radical (unpaired) electrons. The monoisotopic (exact) mass is 309 g/mol. The third-order valence-electron chi connectivity index (χ3n) is 3.88. The molecular formula is C15H23N3O2S. The number of amides is 2. The number of nitrogens with one attached hydrogen (secondary N) is 1. The second kappa shape index (κ2) is 7.02. The molecule has 1 saturated heterocycles. The van der Waals surface area contributed by atoms with Crippen LogP contribution in [-0.4, -0.2) is 41.3 Å². The fourth-order valence-corrected chi connectivity index (χ4v) is 3.63. The lowest BCUT2D eigenvalue weighted by molar-refractivity contribution is -0.128. The molecule has 21 heavy (non-hydrogen) atoms. The van der Waals surface area contributed by atoms with Gasteiger partial charge in [-0.15, -0.1) is 11.3 Å². The van der Waals surface area contributed by atoms with Crippen molar-refractivity contribution in [2.24, 2.45) is 5.92 Å². The van der Waals surface area contributed by atoms with E-state index in [1.807, 2.05) is 6.92 Å². The Bertz CT molecular complexity index is 527. The minimum atomic E-state index is -0.193. The van der Waals surface area contributed by atoms with Gasteiger partial charge in [0.05, 0.1) is 16.6 Å². The number of likely N-dealkylation sites (tertiary alicyclic amines) is 1. The van der Waals surface area contributed by atoms with E-state index in [2.05, 4.69) is 24.1 Å². The molecule has 0 aliphatic carbocycles. The first-order valence-electron chi connectivity index (χ1n) is 7.55. The first-order chi connectivity index (χ1) is 10.0. The van der Waals surface area contributed by atoms with Gasteiger partial charge in [0.2, 0.25) is 11.8 Å². The first kappa shape index (κ1) is 15.9. The lowest BCUT2D eigenvalue weighted by atomic mass is 10.1. The molecule has 1 aromatic heterocycles. The maximum atomic E-state index is 12.1. The molecule has 1 atom stereocenters. The molecule has 5 nitrogen and oxygen atoms in total. The molecule has 1 aliphatic rings. The van der Waals surface area contributed by atoms with E-state index < -0.39 is 0 Å². The van der Waals surface area contributed by atoms with Crippen molar-refractivity contribution in [1.82, 2.24) is 15.2 Å². The fourth-order valence-electron chi connectivity index (χ4n) is 2.61. The van der Waals surface area contributed by atoms with Gasteiger partial charge in [-0.05, 0) is 20.3 Å². The largest absolute Gasteiger partial charge is 0.355 e. The molecule has 2 rings (SSSR count). The van der Waals surface area contributed by atoms with Crippen molar-refractivity contribution in [1.29, 1.82) is 0 Å². The lowest BCUT2D eigenvalue weighted by Crippen LogP contribution is -2.34. The molecule has 0 spiro atoms. The molecule has 2 heterocycles. The van der Waals surface area contributed by atoms with E-state index in [-0.39, 0.29) is 17.7 Å². The lowest BCUT2D eigenvalue weighted by Gasteiger charge is -2.13. The van der Waals surface area contributed by atoms with Gasteiger partial charge in [-0.1, -0.05) is 6.92 Å². The van der Waals surface area contributed by atoms with Crippen molar-refractivity contribution in [3.05, 3.63) is 15.6 Å². The van der Waals surface area contributed by atoms with Crippen LogP contribution < -0.4 is 5.32 Å². The Labute approximate surface area is 129 Å². The summed E-state index contributed by atoms with van der Waals surface area (Å²) in [7, 11) is 0. The van der Waals surface area contributed by atoms with E-state index in [1.54, 1.807) is 16.2 Å². The first-order valence-corrected chi connectivity index (χ1v) is 8.37. The number of aromatic nitrogens is 1. The van der Waals surface area contributed by atoms with Gasteiger partial charge < -0.3 is 10.2 Å². The molecule has 0 aromatic carbocycles. The van der Waals surface area contributed by atoms with Crippen LogP contribution in [0.15, 0.2) is 0 Å². The molecule has 1 fully saturated rings. The standard InChI is InChI=1S/C15H23N3O2S/c1-4-12-10(3)21-13(17-12)6-7-16-15(20)11-8-14(19)18(5-2)9-11/h11H,4-9H2,1-3H3,(H,16,20)/t11-/m0/s1. The van der Waals surface area contributed by atoms with Gasteiger partial charge >= 0.3 is 0 Å². The normalized spacial score (nSPS) is 18.3. The summed E-state index contributed by atoms with van der Waals surface area (Å²) in [6.45, 7) is 7.95. The number of thiazole rings is 1. The Morgan fingerprint density at radius 3 is 2.81 bits per heavy atom. The van der Waals surface area contributed by atoms with Crippen LogP contribution in [0.5, 0.6) is 0 Å². The third kappa shape index (κ3) is 3.81. The van der Waals surface area contributed by atoms with Crippen molar-refractivity contribution in [3.63, 3.8) is 0 Å². The third-order valence-corrected chi connectivity index (χ3v) is 4.95. The number of rotatable bonds is 6. The van der Waals surface area contributed by atoms with Crippen LogP contribution in [0.2, 0.25) is 0 Å². The minimum absolute atomic E-state index is 0.0108. The summed E-state index contributed by atoms with van der Waals surface area (Å²) in [5, 5.41) is 4.01. The Hall–Kier alpha value is -1.43. The van der Waals surface area contributed by atoms with Crippen LogP contribution in [-0.2, 0) is 22.4 Å². The zero-order valence-electron chi connectivity index (χ0n) is 12.9. The smallest absolute Gasteiger partial charge is 0.225 e. The SMILES string of the molecule is CCc1nc(CCNC(=O)[C@H]2CC(=O)N(CC)C2)sc1C. The van der Waals surface area contributed by atoms with Crippen LogP contribution >= 0.6 is 11.3 Å². The maximum Gasteiger partial charge on any atom is 0.225 e. The van der Waals surface area contributed by atoms with Crippen molar-refractivity contribution in [3.8, 4) is 0 Å². The van der Waals surface area contributed by atoms with Crippen molar-refractivity contribution in [2.75, 3.05) is 19.6 Å². The summed E-state index contributed by atoms with van der Waals surface area (Å²) < 4.78 is 0. The second-order valence-electron chi connectivity index (χ2n) is 5.34. The van der Waals surface area contributed by atoms with Crippen LogP contribution in [0.3, 0.4) is 0 Å². The van der Waals surface area contributed by atoms with Gasteiger partial charge in [0.25, 0.3) is 0 Å². The summed E-state index contributed by atoms with van der Waals surface area (Å²) in [6, 6.07) is 0. The van der Waals surface area contributed by atoms with Crippen molar-refractivity contribution < 1.29 is 9.59 Å². The number of hydrogen-bond acceptors (Lipinski definition) is 4. The summed E-state index contributed by atoms with van der Waals surface area (Å²) in [5.74, 6) is -0.120. The zero-order chi connectivity index (χ0) is 15.4. The van der Waals surface area contributed by atoms with E-state index in [9.17, 15) is 9.59 Å². The highest BCUT2D eigenvalue weighted by atomic mass is 32.1. The molecule has 0 saturated carbocycles. The number of carbonyl (C=O) groups excluding carboxylic acids is 2. The average molecular weight is 309 g/mol. The van der Waals surface area contributed by atoms with E-state index in [0.29, 0.717) is 26.1 Å². The van der Waals surface area contributed by atoms with Gasteiger partial charge in [0.1, 0.15) is 0 Å². The van der Waals surface area contributed by atoms with Gasteiger partial charge in [0, 0.05) is 37.4 Å². The Balaban J connectivity index is 1.78. The van der Waals surface area contributed by atoms with E-state index >= 15 is 0 Å². The molecule has 2 amide bonds. The van der Waals surface area contributed by atoms with E-state index in [0.717, 1.165) is 23.5 Å². The zero-order valence-corrected chi connectivity index (χ0v) is 13.8. The molecule has 6 heteroatoms. The van der Waals surface area contributed by atoms with E-state index in [1.165, 1.54) is 4.88 Å². The Morgan fingerprint density at radius 1 is 1.48 bits per heavy atom. The topological polar surface area (TPSA) is 62.3 Å². The summed E-state index contributed by atoms with van der Waals surface area (Å²) in [5.41, 5.74) is 1.15. The highest BCUT2D eigenvalue weighted by Crippen LogP contribution is 2.19. The van der Waals surface area contributed by atoms with Crippen LogP contribution in [0, 0.1) is 12.8 Å². The summed E-state index contributed by atoms with van der Waals surface area (Å²) in [6.07, 6.45) is 2.05. The molecule has 1 aromatic rings. The van der Waals surface area contributed by atoms with Crippen molar-refractivity contribution >= 4 is 23.2 Å². The van der Waals surface area contributed by atoms with Gasteiger partial charge in [-0.25, -0.2) is 4.98 Å². The van der Waals surface area contributed by atoms with Crippen molar-refractivity contribution in [2.45, 2.75) is 40.0 Å². The molecule has 0 bridgehead atoms. The minimum Gasteiger partial charge on any atom is -0.355 e. The Morgan fingerprint density at radius 2 is 2.24 bits per heavy atom. The van der Waals surface area contributed by atoms with Gasteiger partial charge in [-0.3, -0.25) is 9.59 Å². The van der Waals surface area contributed by atoms with Crippen LogP contribution in [0.4, 0.5) is 0 Å². The highest BCUT2D eigenvalue weighted by molar-refractivity contribution is 7.11. The summed E-state index contributed by atoms with van der Waals surface area (Å²) in [4.78, 5) is 31.3. The predicted molar refractivity (Wildman–Crippen MR) is 83.3 cm³/mol. The number of aryl methyl sites for hydroxylation is 2. The molecule has 1 N–H and O–H groups in total. The summed E-state index contributed by atoms with van der Waals surface area (Å²) >= 11 is 1.70. The van der Waals surface area contributed by atoms with Crippen LogP contribution in [0.1, 0.15) is 35.8 Å². The number of nitrogens with zero attached hydrogens (tertiary/aromatic N) is 2.